The van der Waals surface area contributed by atoms with Gasteiger partial charge in [-0.15, -0.1) is 0 Å². The molecule has 2 N–H and O–H groups in total. The maximum absolute atomic E-state index is 11.9. The van der Waals surface area contributed by atoms with Gasteiger partial charge in [0.15, 0.2) is 5.78 Å². The summed E-state index contributed by atoms with van der Waals surface area (Å²) < 4.78 is 0. The van der Waals surface area contributed by atoms with Crippen LogP contribution >= 0.6 is 0 Å². The van der Waals surface area contributed by atoms with E-state index in [1.807, 2.05) is 44.2 Å². The predicted octanol–water partition coefficient (Wildman–Crippen LogP) is 3.29. The first-order chi connectivity index (χ1) is 8.98. The first-order valence-electron chi connectivity index (χ1n) is 6.27. The molecule has 0 spiro atoms. The monoisotopic (exact) mass is 258 g/mol. The lowest BCUT2D eigenvalue weighted by atomic mass is 9.77. The molecule has 0 saturated carbocycles. The van der Waals surface area contributed by atoms with Gasteiger partial charge >= 0.3 is 0 Å². The van der Waals surface area contributed by atoms with E-state index in [-0.39, 0.29) is 17.0 Å². The molecular weight excluding hydrogens is 240 g/mol. The van der Waals surface area contributed by atoms with E-state index in [0.717, 1.165) is 5.69 Å². The lowest BCUT2D eigenvalue weighted by Gasteiger charge is -2.28. The fraction of sp³-hybridized carbons (Fsp3) is 0.333. The minimum Gasteiger partial charge on any atom is -0.511 e. The Morgan fingerprint density at radius 2 is 1.95 bits per heavy atom. The smallest absolute Gasteiger partial charge is 0.168 e. The summed E-state index contributed by atoms with van der Waals surface area (Å²) in [7, 11) is 0. The number of carbonyl (C=O) groups is 1. The number of nitrogens with zero attached hydrogens (tertiary/aromatic N) is 1. The van der Waals surface area contributed by atoms with Crippen LogP contribution in [0.25, 0.3) is 0 Å². The molecule has 0 fully saturated rings. The number of Topliss-reactive ketones (excluding diaryl/α,β-unsaturated/α-hetero) is 1. The summed E-state index contributed by atoms with van der Waals surface area (Å²) in [4.78, 5) is 11.9. The van der Waals surface area contributed by atoms with Gasteiger partial charge in [-0.25, -0.2) is 0 Å². The Bertz CT molecular complexity index is 530. The van der Waals surface area contributed by atoms with Crippen LogP contribution in [-0.4, -0.2) is 17.1 Å². The highest BCUT2D eigenvalue weighted by molar-refractivity contribution is 6.14. The Kier molecular flexibility index (Phi) is 3.69. The van der Waals surface area contributed by atoms with Crippen LogP contribution in [-0.2, 0) is 4.79 Å². The van der Waals surface area contributed by atoms with Gasteiger partial charge in [0, 0.05) is 12.8 Å². The second kappa shape index (κ2) is 5.26. The number of rotatable bonds is 3. The maximum Gasteiger partial charge on any atom is 0.168 e. The third-order valence-corrected chi connectivity index (χ3v) is 3.06. The van der Waals surface area contributed by atoms with Crippen molar-refractivity contribution in [1.29, 1.82) is 0 Å². The third kappa shape index (κ3) is 3.44. The number of allylic oxidation sites excluding steroid dienone is 2. The van der Waals surface area contributed by atoms with Gasteiger partial charge in [0.1, 0.15) is 5.76 Å². The summed E-state index contributed by atoms with van der Waals surface area (Å²) in [5.74, 6) is 0.0622. The standard InChI is InChI=1S/C15H18N2O2/c1-15(2)8-13(18)12(14(19)9-15)10-16-17-11-6-4-3-5-7-11/h3-7,10,17-18H,8-9H2,1-2H3/b16-10+. The Labute approximate surface area is 112 Å². The molecule has 1 aliphatic rings. The first-order valence-corrected chi connectivity index (χ1v) is 6.27. The molecule has 0 amide bonds. The second-order valence-corrected chi connectivity index (χ2v) is 5.54. The maximum atomic E-state index is 11.9. The zero-order valence-electron chi connectivity index (χ0n) is 11.2. The number of para-hydroxylation sites is 1. The van der Waals surface area contributed by atoms with Gasteiger partial charge in [0.2, 0.25) is 0 Å². The summed E-state index contributed by atoms with van der Waals surface area (Å²) in [6.45, 7) is 3.94. The number of benzene rings is 1. The number of carbonyl (C=O) groups excluding carboxylic acids is 1. The Morgan fingerprint density at radius 1 is 1.26 bits per heavy atom. The normalized spacial score (nSPS) is 18.9. The number of anilines is 1. The van der Waals surface area contributed by atoms with Crippen LogP contribution in [0.5, 0.6) is 0 Å². The van der Waals surface area contributed by atoms with Crippen LogP contribution in [0.4, 0.5) is 5.69 Å². The lowest BCUT2D eigenvalue weighted by molar-refractivity contribution is -0.117. The van der Waals surface area contributed by atoms with E-state index in [2.05, 4.69) is 10.5 Å². The number of ketones is 1. The molecule has 0 bridgehead atoms. The quantitative estimate of drug-likeness (QED) is 0.646. The van der Waals surface area contributed by atoms with E-state index >= 15 is 0 Å². The largest absolute Gasteiger partial charge is 0.511 e. The first kappa shape index (κ1) is 13.3. The van der Waals surface area contributed by atoms with Gasteiger partial charge in [0.05, 0.1) is 17.5 Å². The number of hydrogen-bond donors (Lipinski definition) is 2. The molecule has 0 aromatic heterocycles. The van der Waals surface area contributed by atoms with E-state index < -0.39 is 0 Å². The SMILES string of the molecule is CC1(C)CC(=O)C(/C=N/Nc2ccccc2)=C(O)C1. The molecule has 0 atom stereocenters. The van der Waals surface area contributed by atoms with Gasteiger partial charge < -0.3 is 5.11 Å². The van der Waals surface area contributed by atoms with Crippen molar-refractivity contribution < 1.29 is 9.90 Å². The van der Waals surface area contributed by atoms with Gasteiger partial charge in [-0.1, -0.05) is 32.0 Å². The molecule has 0 unspecified atom stereocenters. The Hall–Kier alpha value is -2.10. The van der Waals surface area contributed by atoms with Crippen molar-refractivity contribution in [1.82, 2.24) is 0 Å². The van der Waals surface area contributed by atoms with Crippen molar-refractivity contribution in [2.24, 2.45) is 10.5 Å². The van der Waals surface area contributed by atoms with Crippen LogP contribution in [0, 0.1) is 5.41 Å². The minimum absolute atomic E-state index is 0.0626. The van der Waals surface area contributed by atoms with E-state index in [9.17, 15) is 9.90 Å². The van der Waals surface area contributed by atoms with Gasteiger partial charge in [-0.3, -0.25) is 10.2 Å². The van der Waals surface area contributed by atoms with Gasteiger partial charge in [-0.2, -0.15) is 5.10 Å². The molecule has 1 aliphatic carbocycles. The van der Waals surface area contributed by atoms with E-state index in [4.69, 9.17) is 0 Å². The van der Waals surface area contributed by atoms with Crippen molar-refractivity contribution in [3.8, 4) is 0 Å². The molecule has 4 heteroatoms. The summed E-state index contributed by atoms with van der Waals surface area (Å²) >= 11 is 0. The van der Waals surface area contributed by atoms with Crippen molar-refractivity contribution >= 4 is 17.7 Å². The van der Waals surface area contributed by atoms with E-state index in [1.165, 1.54) is 6.21 Å². The van der Waals surface area contributed by atoms with Gasteiger partial charge in [-0.05, 0) is 17.5 Å². The molecule has 4 nitrogen and oxygen atoms in total. The number of aliphatic hydroxyl groups is 1. The third-order valence-electron chi connectivity index (χ3n) is 3.06. The van der Waals surface area contributed by atoms with Crippen molar-refractivity contribution in [3.05, 3.63) is 41.7 Å². The van der Waals surface area contributed by atoms with Crippen LogP contribution in [0.2, 0.25) is 0 Å². The topological polar surface area (TPSA) is 61.7 Å². The molecule has 2 rings (SSSR count). The van der Waals surface area contributed by atoms with Gasteiger partial charge in [0.25, 0.3) is 0 Å². The molecule has 1 aromatic rings. The van der Waals surface area contributed by atoms with Crippen molar-refractivity contribution in [3.63, 3.8) is 0 Å². The Morgan fingerprint density at radius 3 is 2.58 bits per heavy atom. The number of hydrazone groups is 1. The summed E-state index contributed by atoms with van der Waals surface area (Å²) in [6.07, 6.45) is 2.34. The fourth-order valence-corrected chi connectivity index (χ4v) is 2.13. The highest BCUT2D eigenvalue weighted by Gasteiger charge is 2.32. The van der Waals surface area contributed by atoms with Crippen LogP contribution < -0.4 is 5.43 Å². The molecule has 0 radical (unpaired) electrons. The number of nitrogens with one attached hydrogen (secondary N) is 1. The summed E-state index contributed by atoms with van der Waals surface area (Å²) in [5, 5.41) is 13.9. The molecule has 100 valence electrons. The summed E-state index contributed by atoms with van der Waals surface area (Å²) in [6, 6.07) is 9.44. The fourth-order valence-electron chi connectivity index (χ4n) is 2.13. The number of hydrogen-bond acceptors (Lipinski definition) is 4. The molecule has 0 saturated heterocycles. The molecule has 0 heterocycles. The lowest BCUT2D eigenvalue weighted by Crippen LogP contribution is -2.26. The average molecular weight is 258 g/mol. The average Bonchev–Trinajstić information content (AvgIpc) is 2.32. The zero-order chi connectivity index (χ0) is 13.9. The van der Waals surface area contributed by atoms with Crippen molar-refractivity contribution in [2.45, 2.75) is 26.7 Å². The molecular formula is C15H18N2O2. The van der Waals surface area contributed by atoms with Crippen LogP contribution in [0.3, 0.4) is 0 Å². The number of aliphatic hydroxyl groups excluding tert-OH is 1. The van der Waals surface area contributed by atoms with Crippen LogP contribution in [0.15, 0.2) is 46.8 Å². The zero-order valence-corrected chi connectivity index (χ0v) is 11.2. The predicted molar refractivity (Wildman–Crippen MR) is 76.2 cm³/mol. The van der Waals surface area contributed by atoms with Crippen LogP contribution in [0.1, 0.15) is 26.7 Å². The second-order valence-electron chi connectivity index (χ2n) is 5.54. The molecule has 19 heavy (non-hydrogen) atoms. The highest BCUT2D eigenvalue weighted by atomic mass is 16.3. The van der Waals surface area contributed by atoms with E-state index in [1.54, 1.807) is 0 Å². The molecule has 0 aliphatic heterocycles. The van der Waals surface area contributed by atoms with Crippen molar-refractivity contribution in [2.75, 3.05) is 5.43 Å². The Balaban J connectivity index is 2.08. The summed E-state index contributed by atoms with van der Waals surface area (Å²) in [5.41, 5.74) is 3.79. The minimum atomic E-state index is -0.175. The molecule has 1 aromatic carbocycles. The van der Waals surface area contributed by atoms with E-state index in [0.29, 0.717) is 18.4 Å². The highest BCUT2D eigenvalue weighted by Crippen LogP contribution is 2.35.